The standard InChI is InChI=1S/C16H19F17O4Si/c1-4-35-38(36-5-2,37-6-3)8(7-34)9(17,18)10(19,20)11(21,22)12(23,24)13(25,26)14(27,28)15(29,30)16(31,32)33/h8,34H,4-7H2,1-3H3. The maximum atomic E-state index is 14.8. The first kappa shape index (κ1) is 36.9. The molecule has 4 nitrogen and oxygen atoms in total. The first-order valence-corrected chi connectivity index (χ1v) is 11.7. The summed E-state index contributed by atoms with van der Waals surface area (Å²) in [4.78, 5) is 0. The maximum absolute atomic E-state index is 14.8. The van der Waals surface area contributed by atoms with E-state index in [4.69, 9.17) is 0 Å². The molecule has 0 aliphatic heterocycles. The quantitative estimate of drug-likeness (QED) is 0.169. The number of halogens is 17. The van der Waals surface area contributed by atoms with Crippen LogP contribution in [0.25, 0.3) is 0 Å². The van der Waals surface area contributed by atoms with Gasteiger partial charge in [0.05, 0.1) is 6.61 Å². The smallest absolute Gasteiger partial charge is 0.396 e. The largest absolute Gasteiger partial charge is 0.513 e. The van der Waals surface area contributed by atoms with Crippen molar-refractivity contribution < 1.29 is 93.0 Å². The number of hydrogen-bond acceptors (Lipinski definition) is 4. The summed E-state index contributed by atoms with van der Waals surface area (Å²) >= 11 is 0. The second kappa shape index (κ2) is 11.0. The van der Waals surface area contributed by atoms with Crippen LogP contribution in [0.15, 0.2) is 0 Å². The van der Waals surface area contributed by atoms with E-state index in [1.807, 2.05) is 0 Å². The Morgan fingerprint density at radius 1 is 0.500 bits per heavy atom. The molecule has 0 radical (unpaired) electrons. The SMILES string of the molecule is CCO[Si](OCC)(OCC)C(CO)C(F)(F)C(F)(F)C(F)(F)C(F)(F)C(F)(F)C(F)(F)C(F)(F)C(F)(F)F. The first-order valence-electron chi connectivity index (χ1n) is 9.86. The molecule has 0 bridgehead atoms. The van der Waals surface area contributed by atoms with Gasteiger partial charge in [-0.2, -0.15) is 74.6 Å². The van der Waals surface area contributed by atoms with E-state index < -0.39 is 88.4 Å². The van der Waals surface area contributed by atoms with Crippen LogP contribution >= 0.6 is 0 Å². The van der Waals surface area contributed by atoms with Crippen LogP contribution in [-0.4, -0.2) is 88.0 Å². The summed E-state index contributed by atoms with van der Waals surface area (Å²) in [7, 11) is -5.61. The Balaban J connectivity index is 7.18. The average molecular weight is 626 g/mol. The van der Waals surface area contributed by atoms with Gasteiger partial charge in [0.15, 0.2) is 0 Å². The number of rotatable bonds is 15. The van der Waals surface area contributed by atoms with Crippen LogP contribution in [-0.2, 0) is 13.3 Å². The van der Waals surface area contributed by atoms with Crippen LogP contribution in [0, 0.1) is 0 Å². The number of aliphatic hydroxyl groups is 1. The lowest BCUT2D eigenvalue weighted by Crippen LogP contribution is -2.75. The van der Waals surface area contributed by atoms with Crippen molar-refractivity contribution in [2.75, 3.05) is 26.4 Å². The van der Waals surface area contributed by atoms with Crippen LogP contribution in [0.2, 0.25) is 5.54 Å². The van der Waals surface area contributed by atoms with Gasteiger partial charge in [-0.05, 0) is 20.8 Å². The maximum Gasteiger partial charge on any atom is 0.513 e. The zero-order valence-electron chi connectivity index (χ0n) is 19.0. The second-order valence-corrected chi connectivity index (χ2v) is 9.97. The highest BCUT2D eigenvalue weighted by atomic mass is 28.4. The van der Waals surface area contributed by atoms with E-state index in [2.05, 4.69) is 13.3 Å². The summed E-state index contributed by atoms with van der Waals surface area (Å²) in [5.41, 5.74) is -3.92. The van der Waals surface area contributed by atoms with E-state index in [1.54, 1.807) is 0 Å². The Labute approximate surface area is 203 Å². The lowest BCUT2D eigenvalue weighted by atomic mass is 9.88. The van der Waals surface area contributed by atoms with Crippen LogP contribution in [0.5, 0.6) is 0 Å². The van der Waals surface area contributed by atoms with E-state index in [-0.39, 0.29) is 0 Å². The van der Waals surface area contributed by atoms with Crippen molar-refractivity contribution >= 4 is 8.80 Å². The Kier molecular flexibility index (Phi) is 10.7. The first-order chi connectivity index (χ1) is 16.6. The molecule has 0 aliphatic carbocycles. The van der Waals surface area contributed by atoms with E-state index in [1.165, 1.54) is 0 Å². The molecule has 0 fully saturated rings. The predicted octanol–water partition coefficient (Wildman–Crippen LogP) is 6.41. The van der Waals surface area contributed by atoms with Gasteiger partial charge in [-0.25, -0.2) is 0 Å². The summed E-state index contributed by atoms with van der Waals surface area (Å²) < 4.78 is 244. The van der Waals surface area contributed by atoms with Crippen LogP contribution in [0.4, 0.5) is 74.6 Å². The van der Waals surface area contributed by atoms with Crippen molar-refractivity contribution in [1.29, 1.82) is 0 Å². The van der Waals surface area contributed by atoms with Crippen LogP contribution in [0.1, 0.15) is 20.8 Å². The van der Waals surface area contributed by atoms with E-state index in [0.717, 1.165) is 20.8 Å². The van der Waals surface area contributed by atoms with Crippen molar-refractivity contribution in [2.45, 2.75) is 73.9 Å². The molecule has 38 heavy (non-hydrogen) atoms. The summed E-state index contributed by atoms with van der Waals surface area (Å²) in [6.07, 6.45) is -7.84. The van der Waals surface area contributed by atoms with Gasteiger partial charge in [0.2, 0.25) is 0 Å². The predicted molar refractivity (Wildman–Crippen MR) is 92.2 cm³/mol. The molecular formula is C16H19F17O4Si. The average Bonchev–Trinajstić information content (AvgIpc) is 2.72. The molecular weight excluding hydrogens is 607 g/mol. The van der Waals surface area contributed by atoms with Crippen molar-refractivity contribution in [1.82, 2.24) is 0 Å². The van der Waals surface area contributed by atoms with Gasteiger partial charge in [-0.3, -0.25) is 0 Å². The minimum Gasteiger partial charge on any atom is -0.396 e. The normalized spacial score (nSPS) is 16.7. The van der Waals surface area contributed by atoms with Gasteiger partial charge in [0.25, 0.3) is 0 Å². The van der Waals surface area contributed by atoms with E-state index in [9.17, 15) is 79.7 Å². The van der Waals surface area contributed by atoms with Gasteiger partial charge in [0.1, 0.15) is 5.54 Å². The fourth-order valence-electron chi connectivity index (χ4n) is 2.87. The van der Waals surface area contributed by atoms with Crippen LogP contribution < -0.4 is 0 Å². The molecule has 0 aromatic rings. The van der Waals surface area contributed by atoms with Gasteiger partial charge in [-0.1, -0.05) is 0 Å². The second-order valence-electron chi connectivity index (χ2n) is 7.20. The third-order valence-corrected chi connectivity index (χ3v) is 8.30. The molecule has 0 spiro atoms. The van der Waals surface area contributed by atoms with E-state index >= 15 is 0 Å². The minimum atomic E-state index is -8.75. The topological polar surface area (TPSA) is 47.9 Å². The molecule has 230 valence electrons. The zero-order valence-corrected chi connectivity index (χ0v) is 20.0. The van der Waals surface area contributed by atoms with E-state index in [0.29, 0.717) is 0 Å². The molecule has 0 saturated carbocycles. The molecule has 22 heteroatoms. The van der Waals surface area contributed by atoms with Crippen molar-refractivity contribution in [2.24, 2.45) is 0 Å². The molecule has 0 aromatic carbocycles. The molecule has 0 aliphatic rings. The third-order valence-electron chi connectivity index (χ3n) is 4.83. The fourth-order valence-corrected chi connectivity index (χ4v) is 5.78. The molecule has 1 N–H and O–H groups in total. The highest BCUT2D eigenvalue weighted by molar-refractivity contribution is 6.62. The Morgan fingerprint density at radius 3 is 1.00 bits per heavy atom. The van der Waals surface area contributed by atoms with Gasteiger partial charge < -0.3 is 18.4 Å². The monoisotopic (exact) mass is 626 g/mol. The van der Waals surface area contributed by atoms with Crippen molar-refractivity contribution in [3.63, 3.8) is 0 Å². The van der Waals surface area contributed by atoms with Gasteiger partial charge >= 0.3 is 56.4 Å². The number of alkyl halides is 17. The Morgan fingerprint density at radius 2 is 0.763 bits per heavy atom. The van der Waals surface area contributed by atoms with Gasteiger partial charge in [-0.15, -0.1) is 0 Å². The summed E-state index contributed by atoms with van der Waals surface area (Å²) in [6.45, 7) is -2.10. The van der Waals surface area contributed by atoms with Crippen molar-refractivity contribution in [3.05, 3.63) is 0 Å². The molecule has 0 heterocycles. The lowest BCUT2D eigenvalue weighted by molar-refractivity contribution is -0.462. The minimum absolute atomic E-state index is 0.826. The Hall–Kier alpha value is -1.13. The number of aliphatic hydroxyl groups excluding tert-OH is 1. The third kappa shape index (κ3) is 5.18. The summed E-state index contributed by atoms with van der Waals surface area (Å²) in [5.74, 6) is -57.7. The fraction of sp³-hybridized carbons (Fsp3) is 1.00. The molecule has 0 aromatic heterocycles. The lowest BCUT2D eigenvalue weighted by Gasteiger charge is -2.45. The molecule has 1 unspecified atom stereocenters. The summed E-state index contributed by atoms with van der Waals surface area (Å²) in [5, 5.41) is 9.25. The van der Waals surface area contributed by atoms with Gasteiger partial charge in [0, 0.05) is 19.8 Å². The highest BCUT2D eigenvalue weighted by Gasteiger charge is 2.96. The molecule has 0 saturated heterocycles. The highest BCUT2D eigenvalue weighted by Crippen LogP contribution is 2.65. The Bertz CT molecular complexity index is 769. The zero-order chi connectivity index (χ0) is 31.0. The molecule has 1 atom stereocenters. The molecule has 0 amide bonds. The summed E-state index contributed by atoms with van der Waals surface area (Å²) in [6, 6.07) is 0. The van der Waals surface area contributed by atoms with Crippen LogP contribution in [0.3, 0.4) is 0 Å². The molecule has 0 rings (SSSR count). The van der Waals surface area contributed by atoms with Crippen molar-refractivity contribution in [3.8, 4) is 0 Å². The number of hydrogen-bond donors (Lipinski definition) is 1.